The Morgan fingerprint density at radius 2 is 2.12 bits per heavy atom. The van der Waals surface area contributed by atoms with Crippen LogP contribution in [0.2, 0.25) is 0 Å². The van der Waals surface area contributed by atoms with Crippen LogP contribution in [0.15, 0.2) is 0 Å². The molecule has 0 spiro atoms. The summed E-state index contributed by atoms with van der Waals surface area (Å²) in [6.07, 6.45) is 0. The molecule has 0 amide bonds. The summed E-state index contributed by atoms with van der Waals surface area (Å²) in [5.74, 6) is 1.07. The van der Waals surface area contributed by atoms with Gasteiger partial charge in [-0.25, -0.2) is 0 Å². The van der Waals surface area contributed by atoms with E-state index in [2.05, 4.69) is 18.2 Å². The predicted molar refractivity (Wildman–Crippen MR) is 39.6 cm³/mol. The summed E-state index contributed by atoms with van der Waals surface area (Å²) in [6, 6.07) is 2.89. The van der Waals surface area contributed by atoms with Crippen molar-refractivity contribution < 1.29 is 0 Å². The molecule has 0 aliphatic carbocycles. The van der Waals surface area contributed by atoms with Gasteiger partial charge in [-0.05, 0) is 5.25 Å². The number of thioether (sulfide) groups is 1. The zero-order chi connectivity index (χ0) is 6.41. The Hall–Kier alpha value is -0.290. The molecule has 0 saturated carbocycles. The molecule has 0 heterocycles. The molecule has 0 rings (SSSR count). The van der Waals surface area contributed by atoms with Crippen molar-refractivity contribution in [3.8, 4) is 11.3 Å². The minimum atomic E-state index is 1.07. The van der Waals surface area contributed by atoms with Crippen molar-refractivity contribution in [2.24, 2.45) is 0 Å². The van der Waals surface area contributed by atoms with Gasteiger partial charge in [-0.3, -0.25) is 0 Å². The van der Waals surface area contributed by atoms with Crippen molar-refractivity contribution in [2.45, 2.75) is 6.92 Å². The van der Waals surface area contributed by atoms with Gasteiger partial charge in [0.15, 0.2) is 0 Å². The molecule has 0 radical (unpaired) electrons. The average Bonchev–Trinajstić information content (AvgIpc) is 1.66. The maximum Gasteiger partial charge on any atom is 0.0188 e. The van der Waals surface area contributed by atoms with Crippen molar-refractivity contribution in [3.63, 3.8) is 0 Å². The third-order valence-electron chi connectivity index (χ3n) is 0.486. The number of nitrogens with zero attached hydrogens (tertiary/aromatic N) is 1. The summed E-state index contributed by atoms with van der Waals surface area (Å²) in [4.78, 5) is 1.85. The molecular weight excluding hydrogens is 118 g/mol. The lowest BCUT2D eigenvalue weighted by atomic mass is 10.9. The molecule has 2 heteroatoms. The van der Waals surface area contributed by atoms with E-state index >= 15 is 0 Å². The van der Waals surface area contributed by atoms with Crippen LogP contribution in [0, 0.1) is 11.3 Å². The van der Waals surface area contributed by atoms with E-state index in [4.69, 9.17) is 0 Å². The van der Waals surface area contributed by atoms with Crippen molar-refractivity contribution in [3.05, 3.63) is 0 Å². The highest BCUT2D eigenvalue weighted by atomic mass is 32.2. The molecule has 0 aliphatic rings. The normalized spacial score (nSPS) is 7.38. The molecule has 0 aromatic heterocycles. The highest BCUT2D eigenvalue weighted by Gasteiger charge is 1.71. The van der Waals surface area contributed by atoms with Crippen LogP contribution in [0.5, 0.6) is 0 Å². The first-order valence-corrected chi connectivity index (χ1v) is 3.55. The van der Waals surface area contributed by atoms with Crippen LogP contribution in [0.4, 0.5) is 0 Å². The van der Waals surface area contributed by atoms with Gasteiger partial charge in [0.25, 0.3) is 0 Å². The van der Waals surface area contributed by atoms with E-state index in [0.717, 1.165) is 5.75 Å². The predicted octanol–water partition coefficient (Wildman–Crippen LogP) is 1.22. The summed E-state index contributed by atoms with van der Waals surface area (Å²) >= 11 is 1.63. The quantitative estimate of drug-likeness (QED) is 0.387. The Morgan fingerprint density at radius 1 is 1.50 bits per heavy atom. The lowest BCUT2D eigenvalue weighted by molar-refractivity contribution is 0.598. The zero-order valence-electron chi connectivity index (χ0n) is 5.56. The van der Waals surface area contributed by atoms with E-state index < -0.39 is 0 Å². The first-order chi connectivity index (χ1) is 3.77. The van der Waals surface area contributed by atoms with Gasteiger partial charge in [0.1, 0.15) is 0 Å². The van der Waals surface area contributed by atoms with Crippen LogP contribution in [-0.2, 0) is 0 Å². The Kier molecular flexibility index (Phi) is 4.68. The summed E-state index contributed by atoms with van der Waals surface area (Å²) in [5.41, 5.74) is 0. The molecule has 46 valence electrons. The second-order valence-corrected chi connectivity index (χ2v) is 2.61. The molecule has 0 fully saturated rings. The van der Waals surface area contributed by atoms with Gasteiger partial charge in [0, 0.05) is 25.9 Å². The molecule has 0 N–H and O–H groups in total. The Balaban J connectivity index is 3.20. The van der Waals surface area contributed by atoms with Crippen LogP contribution in [0.3, 0.4) is 0 Å². The summed E-state index contributed by atoms with van der Waals surface area (Å²) < 4.78 is 0. The molecule has 0 atom stereocenters. The van der Waals surface area contributed by atoms with Crippen molar-refractivity contribution in [2.75, 3.05) is 19.8 Å². The Labute approximate surface area is 55.4 Å². The van der Waals surface area contributed by atoms with Crippen LogP contribution >= 0.6 is 11.8 Å². The third kappa shape index (κ3) is 5.71. The fourth-order valence-electron chi connectivity index (χ4n) is 0.196. The van der Waals surface area contributed by atoms with Crippen LogP contribution < -0.4 is 0 Å². The minimum absolute atomic E-state index is 1.07. The van der Waals surface area contributed by atoms with Crippen LogP contribution in [-0.4, -0.2) is 24.7 Å². The average molecular weight is 129 g/mol. The van der Waals surface area contributed by atoms with Gasteiger partial charge in [0.2, 0.25) is 0 Å². The molecule has 0 aromatic rings. The Morgan fingerprint density at radius 3 is 2.50 bits per heavy atom. The van der Waals surface area contributed by atoms with Gasteiger partial charge in [-0.2, -0.15) is 0 Å². The van der Waals surface area contributed by atoms with Crippen molar-refractivity contribution in [1.29, 1.82) is 0 Å². The van der Waals surface area contributed by atoms with E-state index in [1.807, 2.05) is 19.0 Å². The molecule has 0 aromatic carbocycles. The maximum atomic E-state index is 2.93. The number of hydrogen-bond donors (Lipinski definition) is 0. The lowest BCUT2D eigenvalue weighted by Crippen LogP contribution is -2.00. The standard InChI is InChI=1S/C6H11NS/c1-4-8-6-5-7(2)3/h4H2,1-3H3. The van der Waals surface area contributed by atoms with E-state index in [-0.39, 0.29) is 0 Å². The largest absolute Gasteiger partial charge is 0.338 e. The summed E-state index contributed by atoms with van der Waals surface area (Å²) in [5, 5.41) is 2.93. The fourth-order valence-corrected chi connectivity index (χ4v) is 0.587. The highest BCUT2D eigenvalue weighted by molar-refractivity contribution is 8.03. The van der Waals surface area contributed by atoms with Crippen molar-refractivity contribution >= 4 is 11.8 Å². The van der Waals surface area contributed by atoms with Crippen LogP contribution in [0.25, 0.3) is 0 Å². The monoisotopic (exact) mass is 129 g/mol. The van der Waals surface area contributed by atoms with E-state index in [9.17, 15) is 0 Å². The smallest absolute Gasteiger partial charge is 0.0188 e. The fraction of sp³-hybridized carbons (Fsp3) is 0.667. The highest BCUT2D eigenvalue weighted by Crippen LogP contribution is 1.91. The first-order valence-electron chi connectivity index (χ1n) is 2.57. The first kappa shape index (κ1) is 7.71. The van der Waals surface area contributed by atoms with Gasteiger partial charge in [-0.15, -0.1) is 0 Å². The third-order valence-corrected chi connectivity index (χ3v) is 1.01. The molecule has 0 saturated heterocycles. The van der Waals surface area contributed by atoms with Gasteiger partial charge in [-0.1, -0.05) is 18.7 Å². The van der Waals surface area contributed by atoms with Crippen LogP contribution in [0.1, 0.15) is 6.92 Å². The topological polar surface area (TPSA) is 3.24 Å². The summed E-state index contributed by atoms with van der Waals surface area (Å²) in [7, 11) is 3.87. The number of hydrogen-bond acceptors (Lipinski definition) is 2. The molecule has 0 aliphatic heterocycles. The van der Waals surface area contributed by atoms with E-state index in [1.54, 1.807) is 11.8 Å². The summed E-state index contributed by atoms with van der Waals surface area (Å²) in [6.45, 7) is 2.09. The maximum absolute atomic E-state index is 2.93. The molecule has 0 bridgehead atoms. The van der Waals surface area contributed by atoms with Gasteiger partial charge in [0.05, 0.1) is 0 Å². The lowest BCUT2D eigenvalue weighted by Gasteiger charge is -1.95. The molecule has 1 nitrogen and oxygen atoms in total. The minimum Gasteiger partial charge on any atom is -0.338 e. The number of rotatable bonds is 1. The van der Waals surface area contributed by atoms with E-state index in [1.165, 1.54) is 0 Å². The van der Waals surface area contributed by atoms with E-state index in [0.29, 0.717) is 0 Å². The second kappa shape index (κ2) is 4.86. The molecule has 0 unspecified atom stereocenters. The molecule has 8 heavy (non-hydrogen) atoms. The Bertz CT molecular complexity index is 98.8. The van der Waals surface area contributed by atoms with Crippen molar-refractivity contribution in [1.82, 2.24) is 4.90 Å². The SMILES string of the molecule is CCSC#CN(C)C. The zero-order valence-corrected chi connectivity index (χ0v) is 6.38. The molecular formula is C6H11NS. The van der Waals surface area contributed by atoms with Gasteiger partial charge >= 0.3 is 0 Å². The second-order valence-electron chi connectivity index (χ2n) is 1.54. The van der Waals surface area contributed by atoms with Gasteiger partial charge < -0.3 is 4.90 Å².